The number of ether oxygens (including phenoxy) is 1. The second kappa shape index (κ2) is 5.48. The highest BCUT2D eigenvalue weighted by Crippen LogP contribution is 2.36. The highest BCUT2D eigenvalue weighted by molar-refractivity contribution is 4.93. The van der Waals surface area contributed by atoms with E-state index in [-0.39, 0.29) is 5.60 Å². The van der Waals surface area contributed by atoms with Crippen LogP contribution < -0.4 is 5.32 Å². The molecular formula is C13H26N2O. The number of rotatable bonds is 5. The van der Waals surface area contributed by atoms with Gasteiger partial charge < -0.3 is 15.0 Å². The number of methoxy groups -OCH3 is 1. The summed E-state index contributed by atoms with van der Waals surface area (Å²) in [5.41, 5.74) is 0.213. The molecule has 1 heterocycles. The van der Waals surface area contributed by atoms with E-state index in [1.54, 1.807) is 0 Å². The molecule has 2 fully saturated rings. The maximum Gasteiger partial charge on any atom is 0.0805 e. The smallest absolute Gasteiger partial charge is 0.0805 e. The van der Waals surface area contributed by atoms with Gasteiger partial charge in [-0.15, -0.1) is 0 Å². The van der Waals surface area contributed by atoms with E-state index in [1.165, 1.54) is 45.2 Å². The summed E-state index contributed by atoms with van der Waals surface area (Å²) in [5.74, 6) is 0. The van der Waals surface area contributed by atoms with E-state index in [1.807, 2.05) is 7.11 Å². The van der Waals surface area contributed by atoms with Crippen LogP contribution in [0.5, 0.6) is 0 Å². The second-order valence-electron chi connectivity index (χ2n) is 5.35. The fraction of sp³-hybridized carbons (Fsp3) is 1.00. The summed E-state index contributed by atoms with van der Waals surface area (Å²) in [4.78, 5) is 2.59. The standard InChI is InChI=1S/C13H26N2O/c1-3-14-12-5-9-15(10-6-12)11-13(16-2)7-4-8-13/h12,14H,3-11H2,1-2H3. The van der Waals surface area contributed by atoms with E-state index in [0.717, 1.165) is 19.1 Å². The molecule has 0 amide bonds. The van der Waals surface area contributed by atoms with Crippen LogP contribution in [-0.2, 0) is 4.74 Å². The fourth-order valence-electron chi connectivity index (χ4n) is 2.99. The van der Waals surface area contributed by atoms with Gasteiger partial charge in [0.2, 0.25) is 0 Å². The lowest BCUT2D eigenvalue weighted by atomic mass is 9.79. The zero-order chi connectivity index (χ0) is 11.4. The average Bonchev–Trinajstić information content (AvgIpc) is 2.26. The Morgan fingerprint density at radius 2 is 2.00 bits per heavy atom. The SMILES string of the molecule is CCNC1CCN(CC2(OC)CCC2)CC1. The van der Waals surface area contributed by atoms with E-state index in [4.69, 9.17) is 4.74 Å². The van der Waals surface area contributed by atoms with Crippen LogP contribution in [0.2, 0.25) is 0 Å². The zero-order valence-electron chi connectivity index (χ0n) is 10.8. The van der Waals surface area contributed by atoms with Gasteiger partial charge in [0.05, 0.1) is 5.60 Å². The molecule has 0 aromatic carbocycles. The van der Waals surface area contributed by atoms with Crippen molar-refractivity contribution in [2.45, 2.75) is 50.7 Å². The molecule has 0 aromatic rings. The molecule has 0 spiro atoms. The van der Waals surface area contributed by atoms with Gasteiger partial charge in [-0.3, -0.25) is 0 Å². The molecule has 1 saturated heterocycles. The molecule has 1 aliphatic heterocycles. The quantitative estimate of drug-likeness (QED) is 0.771. The van der Waals surface area contributed by atoms with Crippen LogP contribution >= 0.6 is 0 Å². The summed E-state index contributed by atoms with van der Waals surface area (Å²) in [6.07, 6.45) is 6.47. The monoisotopic (exact) mass is 226 g/mol. The number of nitrogens with zero attached hydrogens (tertiary/aromatic N) is 1. The van der Waals surface area contributed by atoms with Crippen molar-refractivity contribution in [2.75, 3.05) is 33.3 Å². The molecular weight excluding hydrogens is 200 g/mol. The van der Waals surface area contributed by atoms with E-state index >= 15 is 0 Å². The van der Waals surface area contributed by atoms with Crippen LogP contribution in [-0.4, -0.2) is 49.8 Å². The minimum absolute atomic E-state index is 0.213. The Labute approximate surface area is 99.5 Å². The van der Waals surface area contributed by atoms with Crippen molar-refractivity contribution in [3.8, 4) is 0 Å². The Bertz CT molecular complexity index is 202. The minimum atomic E-state index is 0.213. The molecule has 0 atom stereocenters. The molecule has 0 unspecified atom stereocenters. The van der Waals surface area contributed by atoms with Crippen molar-refractivity contribution in [1.29, 1.82) is 0 Å². The lowest BCUT2D eigenvalue weighted by Gasteiger charge is -2.45. The summed E-state index contributed by atoms with van der Waals surface area (Å²) < 4.78 is 5.69. The molecule has 1 N–H and O–H groups in total. The van der Waals surface area contributed by atoms with Crippen LogP contribution in [0.1, 0.15) is 39.0 Å². The molecule has 0 radical (unpaired) electrons. The van der Waals surface area contributed by atoms with Gasteiger partial charge in [0.1, 0.15) is 0 Å². The van der Waals surface area contributed by atoms with Crippen molar-refractivity contribution in [1.82, 2.24) is 10.2 Å². The van der Waals surface area contributed by atoms with Crippen LogP contribution in [0.4, 0.5) is 0 Å². The van der Waals surface area contributed by atoms with Gasteiger partial charge in [-0.25, -0.2) is 0 Å². The molecule has 0 aromatic heterocycles. The Hall–Kier alpha value is -0.120. The molecule has 3 nitrogen and oxygen atoms in total. The second-order valence-corrected chi connectivity index (χ2v) is 5.35. The predicted octanol–water partition coefficient (Wildman–Crippen LogP) is 1.63. The number of nitrogens with one attached hydrogen (secondary N) is 1. The molecule has 1 saturated carbocycles. The first-order valence-electron chi connectivity index (χ1n) is 6.79. The Kier molecular flexibility index (Phi) is 4.22. The van der Waals surface area contributed by atoms with Crippen LogP contribution in [0, 0.1) is 0 Å². The Balaban J connectivity index is 1.72. The first-order valence-corrected chi connectivity index (χ1v) is 6.79. The number of piperidine rings is 1. The average molecular weight is 226 g/mol. The first-order chi connectivity index (χ1) is 7.78. The third-order valence-electron chi connectivity index (χ3n) is 4.29. The van der Waals surface area contributed by atoms with Crippen molar-refractivity contribution < 1.29 is 4.74 Å². The van der Waals surface area contributed by atoms with Gasteiger partial charge >= 0.3 is 0 Å². The number of hydrogen-bond donors (Lipinski definition) is 1. The molecule has 16 heavy (non-hydrogen) atoms. The molecule has 1 aliphatic carbocycles. The zero-order valence-corrected chi connectivity index (χ0v) is 10.8. The molecule has 94 valence electrons. The summed E-state index contributed by atoms with van der Waals surface area (Å²) >= 11 is 0. The van der Waals surface area contributed by atoms with E-state index in [2.05, 4.69) is 17.1 Å². The summed E-state index contributed by atoms with van der Waals surface area (Å²) in [6.45, 7) is 6.93. The van der Waals surface area contributed by atoms with Crippen LogP contribution in [0.3, 0.4) is 0 Å². The number of hydrogen-bond acceptors (Lipinski definition) is 3. The maximum absolute atomic E-state index is 5.69. The summed E-state index contributed by atoms with van der Waals surface area (Å²) in [6, 6.07) is 0.751. The topological polar surface area (TPSA) is 24.5 Å². The van der Waals surface area contributed by atoms with Crippen molar-refractivity contribution in [3.63, 3.8) is 0 Å². The van der Waals surface area contributed by atoms with E-state index in [0.29, 0.717) is 0 Å². The first kappa shape index (κ1) is 12.3. The molecule has 2 rings (SSSR count). The van der Waals surface area contributed by atoms with Gasteiger partial charge in [-0.1, -0.05) is 6.92 Å². The van der Waals surface area contributed by atoms with Gasteiger partial charge in [0.15, 0.2) is 0 Å². The van der Waals surface area contributed by atoms with Gasteiger partial charge in [0, 0.05) is 19.7 Å². The summed E-state index contributed by atoms with van der Waals surface area (Å²) in [7, 11) is 1.88. The third-order valence-corrected chi connectivity index (χ3v) is 4.29. The van der Waals surface area contributed by atoms with Crippen LogP contribution in [0.25, 0.3) is 0 Å². The summed E-state index contributed by atoms with van der Waals surface area (Å²) in [5, 5.41) is 3.55. The van der Waals surface area contributed by atoms with E-state index in [9.17, 15) is 0 Å². The highest BCUT2D eigenvalue weighted by Gasteiger charge is 2.39. The van der Waals surface area contributed by atoms with Crippen molar-refractivity contribution in [3.05, 3.63) is 0 Å². The van der Waals surface area contributed by atoms with Crippen molar-refractivity contribution in [2.24, 2.45) is 0 Å². The maximum atomic E-state index is 5.69. The molecule has 3 heteroatoms. The highest BCUT2D eigenvalue weighted by atomic mass is 16.5. The lowest BCUT2D eigenvalue weighted by molar-refractivity contribution is -0.0941. The normalized spacial score (nSPS) is 26.6. The fourth-order valence-corrected chi connectivity index (χ4v) is 2.99. The number of likely N-dealkylation sites (tertiary alicyclic amines) is 1. The predicted molar refractivity (Wildman–Crippen MR) is 66.7 cm³/mol. The lowest BCUT2D eigenvalue weighted by Crippen LogP contribution is -2.52. The van der Waals surface area contributed by atoms with Crippen molar-refractivity contribution >= 4 is 0 Å². The largest absolute Gasteiger partial charge is 0.377 e. The Morgan fingerprint density at radius 3 is 2.44 bits per heavy atom. The van der Waals surface area contributed by atoms with Crippen LogP contribution in [0.15, 0.2) is 0 Å². The molecule has 2 aliphatic rings. The Morgan fingerprint density at radius 1 is 1.31 bits per heavy atom. The van der Waals surface area contributed by atoms with Gasteiger partial charge in [-0.2, -0.15) is 0 Å². The third kappa shape index (κ3) is 2.76. The minimum Gasteiger partial charge on any atom is -0.377 e. The van der Waals surface area contributed by atoms with Gasteiger partial charge in [-0.05, 0) is 51.7 Å². The van der Waals surface area contributed by atoms with E-state index < -0.39 is 0 Å². The van der Waals surface area contributed by atoms with Gasteiger partial charge in [0.25, 0.3) is 0 Å². The molecule has 0 bridgehead atoms.